The summed E-state index contributed by atoms with van der Waals surface area (Å²) < 4.78 is 6.26. The van der Waals surface area contributed by atoms with Gasteiger partial charge in [0.1, 0.15) is 0 Å². The van der Waals surface area contributed by atoms with Crippen LogP contribution < -0.4 is 5.32 Å². The lowest BCUT2D eigenvalue weighted by atomic mass is 10.2. The molecule has 0 saturated heterocycles. The highest BCUT2D eigenvalue weighted by molar-refractivity contribution is 9.10. The van der Waals surface area contributed by atoms with Crippen LogP contribution >= 0.6 is 15.9 Å². The van der Waals surface area contributed by atoms with Gasteiger partial charge in [-0.1, -0.05) is 21.1 Å². The molecule has 1 aliphatic carbocycles. The minimum Gasteiger partial charge on any atom is -0.338 e. The molecule has 1 heterocycles. The van der Waals surface area contributed by atoms with Crippen LogP contribution in [-0.2, 0) is 6.54 Å². The van der Waals surface area contributed by atoms with Crippen molar-refractivity contribution in [2.24, 2.45) is 5.92 Å². The molecule has 1 aliphatic rings. The predicted octanol–water partition coefficient (Wildman–Crippen LogP) is 3.00. The van der Waals surface area contributed by atoms with Crippen molar-refractivity contribution in [2.75, 3.05) is 6.54 Å². The number of halogens is 1. The van der Waals surface area contributed by atoms with Crippen LogP contribution in [0.3, 0.4) is 0 Å². The van der Waals surface area contributed by atoms with Crippen LogP contribution in [0.15, 0.2) is 33.3 Å². The van der Waals surface area contributed by atoms with E-state index in [-0.39, 0.29) is 0 Å². The molecule has 0 atom stereocenters. The molecule has 1 N–H and O–H groups in total. The van der Waals surface area contributed by atoms with Crippen LogP contribution in [-0.4, -0.2) is 16.7 Å². The standard InChI is InChI=1S/C13H14BrN3O/c14-11-5-3-10(4-6-11)13-16-12(18-17-13)8-15-7-9-1-2-9/h3-6,9,15H,1-2,7-8H2. The molecule has 0 spiro atoms. The van der Waals surface area contributed by atoms with Gasteiger partial charge in [-0.25, -0.2) is 0 Å². The number of hydrogen-bond acceptors (Lipinski definition) is 4. The molecule has 0 aliphatic heterocycles. The van der Waals surface area contributed by atoms with Crippen LogP contribution in [0, 0.1) is 5.92 Å². The van der Waals surface area contributed by atoms with E-state index in [9.17, 15) is 0 Å². The molecular weight excluding hydrogens is 294 g/mol. The van der Waals surface area contributed by atoms with Crippen molar-refractivity contribution < 1.29 is 4.52 Å². The fraction of sp³-hybridized carbons (Fsp3) is 0.385. The molecular formula is C13H14BrN3O. The zero-order valence-electron chi connectivity index (χ0n) is 9.90. The molecule has 5 heteroatoms. The monoisotopic (exact) mass is 307 g/mol. The van der Waals surface area contributed by atoms with Gasteiger partial charge in [-0.3, -0.25) is 0 Å². The Morgan fingerprint density at radius 2 is 2.06 bits per heavy atom. The second-order valence-corrected chi connectivity index (χ2v) is 5.51. The van der Waals surface area contributed by atoms with E-state index in [0.29, 0.717) is 18.3 Å². The van der Waals surface area contributed by atoms with Crippen LogP contribution in [0.5, 0.6) is 0 Å². The number of aromatic nitrogens is 2. The minimum absolute atomic E-state index is 0.644. The van der Waals surface area contributed by atoms with E-state index < -0.39 is 0 Å². The van der Waals surface area contributed by atoms with Crippen molar-refractivity contribution in [3.8, 4) is 11.4 Å². The summed E-state index contributed by atoms with van der Waals surface area (Å²) in [5, 5.41) is 7.32. The first-order chi connectivity index (χ1) is 8.81. The van der Waals surface area contributed by atoms with Gasteiger partial charge in [0.2, 0.25) is 11.7 Å². The average Bonchev–Trinajstić information content (AvgIpc) is 3.08. The smallest absolute Gasteiger partial charge is 0.240 e. The Morgan fingerprint density at radius 3 is 2.78 bits per heavy atom. The third-order valence-corrected chi connectivity index (χ3v) is 3.51. The number of benzene rings is 1. The molecule has 18 heavy (non-hydrogen) atoms. The Kier molecular flexibility index (Phi) is 3.43. The highest BCUT2D eigenvalue weighted by atomic mass is 79.9. The lowest BCUT2D eigenvalue weighted by Crippen LogP contribution is -2.16. The summed E-state index contributed by atoms with van der Waals surface area (Å²) in [7, 11) is 0. The van der Waals surface area contributed by atoms with E-state index >= 15 is 0 Å². The number of rotatable bonds is 5. The first kappa shape index (κ1) is 11.9. The molecule has 0 radical (unpaired) electrons. The van der Waals surface area contributed by atoms with Gasteiger partial charge in [0.25, 0.3) is 0 Å². The maximum atomic E-state index is 5.22. The Balaban J connectivity index is 1.62. The van der Waals surface area contributed by atoms with Gasteiger partial charge in [-0.2, -0.15) is 4.98 Å². The zero-order valence-corrected chi connectivity index (χ0v) is 11.5. The summed E-state index contributed by atoms with van der Waals surface area (Å²) >= 11 is 3.40. The average molecular weight is 308 g/mol. The lowest BCUT2D eigenvalue weighted by Gasteiger charge is -1.97. The maximum absolute atomic E-state index is 5.22. The summed E-state index contributed by atoms with van der Waals surface area (Å²) in [4.78, 5) is 4.37. The summed E-state index contributed by atoms with van der Waals surface area (Å²) in [6.45, 7) is 1.70. The van der Waals surface area contributed by atoms with Crippen LogP contribution in [0.25, 0.3) is 11.4 Å². The molecule has 2 aromatic rings. The van der Waals surface area contributed by atoms with Crippen LogP contribution in [0.4, 0.5) is 0 Å². The van der Waals surface area contributed by atoms with Crippen LogP contribution in [0.1, 0.15) is 18.7 Å². The Bertz CT molecular complexity index is 519. The Hall–Kier alpha value is -1.20. The molecule has 1 aromatic heterocycles. The van der Waals surface area contributed by atoms with E-state index in [0.717, 1.165) is 22.5 Å². The zero-order chi connectivity index (χ0) is 12.4. The van der Waals surface area contributed by atoms with E-state index in [1.165, 1.54) is 12.8 Å². The van der Waals surface area contributed by atoms with Gasteiger partial charge in [0, 0.05) is 10.0 Å². The molecule has 0 bridgehead atoms. The highest BCUT2D eigenvalue weighted by Gasteiger charge is 2.20. The van der Waals surface area contributed by atoms with Gasteiger partial charge < -0.3 is 9.84 Å². The summed E-state index contributed by atoms with van der Waals surface area (Å²) in [6.07, 6.45) is 2.70. The summed E-state index contributed by atoms with van der Waals surface area (Å²) in [5.74, 6) is 2.15. The van der Waals surface area contributed by atoms with Crippen molar-refractivity contribution in [3.05, 3.63) is 34.6 Å². The quantitative estimate of drug-likeness (QED) is 0.922. The fourth-order valence-electron chi connectivity index (χ4n) is 1.75. The van der Waals surface area contributed by atoms with Gasteiger partial charge >= 0.3 is 0 Å². The predicted molar refractivity (Wildman–Crippen MR) is 71.9 cm³/mol. The molecule has 1 aromatic carbocycles. The molecule has 3 rings (SSSR count). The lowest BCUT2D eigenvalue weighted by molar-refractivity contribution is 0.367. The van der Waals surface area contributed by atoms with Gasteiger partial charge in [0.15, 0.2) is 0 Å². The van der Waals surface area contributed by atoms with Gasteiger partial charge in [0.05, 0.1) is 6.54 Å². The number of hydrogen-bond donors (Lipinski definition) is 1. The largest absolute Gasteiger partial charge is 0.338 e. The highest BCUT2D eigenvalue weighted by Crippen LogP contribution is 2.27. The molecule has 1 fully saturated rings. The Morgan fingerprint density at radius 1 is 1.28 bits per heavy atom. The van der Waals surface area contributed by atoms with Crippen molar-refractivity contribution in [3.63, 3.8) is 0 Å². The molecule has 0 unspecified atom stereocenters. The first-order valence-electron chi connectivity index (χ1n) is 6.10. The van der Waals surface area contributed by atoms with E-state index in [4.69, 9.17) is 4.52 Å². The minimum atomic E-state index is 0.644. The summed E-state index contributed by atoms with van der Waals surface area (Å²) in [6, 6.07) is 7.88. The molecule has 1 saturated carbocycles. The summed E-state index contributed by atoms with van der Waals surface area (Å²) in [5.41, 5.74) is 0.968. The van der Waals surface area contributed by atoms with Crippen molar-refractivity contribution in [1.82, 2.24) is 15.5 Å². The van der Waals surface area contributed by atoms with Crippen molar-refractivity contribution >= 4 is 15.9 Å². The Labute approximate surface area is 114 Å². The second kappa shape index (κ2) is 5.20. The van der Waals surface area contributed by atoms with Crippen LogP contribution in [0.2, 0.25) is 0 Å². The molecule has 4 nitrogen and oxygen atoms in total. The van der Waals surface area contributed by atoms with Gasteiger partial charge in [-0.05, 0) is 49.6 Å². The third kappa shape index (κ3) is 2.97. The maximum Gasteiger partial charge on any atom is 0.240 e. The molecule has 94 valence electrons. The SMILES string of the molecule is Brc1ccc(-c2noc(CNCC3CC3)n2)cc1. The van der Waals surface area contributed by atoms with Crippen molar-refractivity contribution in [2.45, 2.75) is 19.4 Å². The topological polar surface area (TPSA) is 51.0 Å². The van der Waals surface area contributed by atoms with Gasteiger partial charge in [-0.15, -0.1) is 0 Å². The number of nitrogens with one attached hydrogen (secondary N) is 1. The van der Waals surface area contributed by atoms with E-state index in [1.54, 1.807) is 0 Å². The molecule has 0 amide bonds. The first-order valence-corrected chi connectivity index (χ1v) is 6.90. The fourth-order valence-corrected chi connectivity index (χ4v) is 2.01. The van der Waals surface area contributed by atoms with E-state index in [1.807, 2.05) is 24.3 Å². The second-order valence-electron chi connectivity index (χ2n) is 4.59. The van der Waals surface area contributed by atoms with E-state index in [2.05, 4.69) is 31.4 Å². The normalized spacial score (nSPS) is 14.9. The third-order valence-electron chi connectivity index (χ3n) is 2.98. The number of nitrogens with zero attached hydrogens (tertiary/aromatic N) is 2. The van der Waals surface area contributed by atoms with Crippen molar-refractivity contribution in [1.29, 1.82) is 0 Å².